The van der Waals surface area contributed by atoms with E-state index in [1.807, 2.05) is 66.8 Å². The Labute approximate surface area is 113 Å². The van der Waals surface area contributed by atoms with Crippen molar-refractivity contribution in [1.82, 2.24) is 4.90 Å². The van der Waals surface area contributed by atoms with Gasteiger partial charge < -0.3 is 4.90 Å². The molecule has 18 heavy (non-hydrogen) atoms. The minimum Gasteiger partial charge on any atom is -0.341 e. The van der Waals surface area contributed by atoms with Crippen molar-refractivity contribution in [3.63, 3.8) is 0 Å². The number of rotatable bonds is 0. The molecule has 104 valence electrons. The molecule has 0 saturated carbocycles. The van der Waals surface area contributed by atoms with E-state index < -0.39 is 0 Å². The van der Waals surface area contributed by atoms with Crippen LogP contribution in [0.4, 0.5) is 0 Å². The molecule has 2 nitrogen and oxygen atoms in total. The highest BCUT2D eigenvalue weighted by Gasteiger charge is 2.18. The van der Waals surface area contributed by atoms with Crippen LogP contribution in [0.3, 0.4) is 0 Å². The Balaban J connectivity index is 0. The summed E-state index contributed by atoms with van der Waals surface area (Å²) in [5.74, 6) is 0.216. The van der Waals surface area contributed by atoms with Crippen molar-refractivity contribution in [3.05, 3.63) is 35.4 Å². The largest absolute Gasteiger partial charge is 0.341 e. The molecule has 0 spiro atoms. The van der Waals surface area contributed by atoms with Crippen LogP contribution in [0.5, 0.6) is 0 Å². The predicted molar refractivity (Wildman–Crippen MR) is 80.7 cm³/mol. The quantitative estimate of drug-likeness (QED) is 0.674. The highest BCUT2D eigenvalue weighted by molar-refractivity contribution is 5.80. The maximum Gasteiger partial charge on any atom is 0.227 e. The number of carbonyl (C=O) groups excluding carboxylic acids is 1. The van der Waals surface area contributed by atoms with Gasteiger partial charge in [0.15, 0.2) is 0 Å². The van der Waals surface area contributed by atoms with Crippen LogP contribution < -0.4 is 0 Å². The van der Waals surface area contributed by atoms with Gasteiger partial charge in [-0.05, 0) is 11.1 Å². The van der Waals surface area contributed by atoms with E-state index in [9.17, 15) is 4.79 Å². The highest BCUT2D eigenvalue weighted by atomic mass is 16.2. The van der Waals surface area contributed by atoms with Crippen LogP contribution in [0.25, 0.3) is 0 Å². The zero-order chi connectivity index (χ0) is 14.6. The number of fused-ring (bicyclic) bond motifs is 1. The van der Waals surface area contributed by atoms with Crippen LogP contribution in [0, 0.1) is 0 Å². The third-order valence-electron chi connectivity index (χ3n) is 2.29. The van der Waals surface area contributed by atoms with Gasteiger partial charge >= 0.3 is 0 Å². The second-order valence-corrected chi connectivity index (χ2v) is 3.20. The molecule has 0 atom stereocenters. The third kappa shape index (κ3) is 5.85. The van der Waals surface area contributed by atoms with Crippen molar-refractivity contribution in [2.24, 2.45) is 0 Å². The van der Waals surface area contributed by atoms with Gasteiger partial charge in [-0.3, -0.25) is 4.79 Å². The Kier molecular flexibility index (Phi) is 12.9. The molecule has 0 aliphatic carbocycles. The molecule has 0 saturated heterocycles. The molecule has 0 bridgehead atoms. The fraction of sp³-hybridized carbons (Fsp3) is 0.562. The normalized spacial score (nSPS) is 11.7. The third-order valence-corrected chi connectivity index (χ3v) is 2.29. The van der Waals surface area contributed by atoms with E-state index in [1.54, 1.807) is 4.90 Å². The van der Waals surface area contributed by atoms with E-state index >= 15 is 0 Å². The lowest BCUT2D eigenvalue weighted by molar-refractivity contribution is -0.130. The van der Waals surface area contributed by atoms with Gasteiger partial charge in [-0.2, -0.15) is 0 Å². The first-order valence-corrected chi connectivity index (χ1v) is 7.08. The van der Waals surface area contributed by atoms with Crippen molar-refractivity contribution in [3.8, 4) is 0 Å². The molecule has 2 rings (SSSR count). The van der Waals surface area contributed by atoms with E-state index in [-0.39, 0.29) is 5.91 Å². The zero-order valence-corrected chi connectivity index (χ0v) is 13.1. The minimum atomic E-state index is 0.216. The molecule has 1 amide bonds. The number of benzene rings is 1. The first-order chi connectivity index (χ1) is 8.77. The topological polar surface area (TPSA) is 20.3 Å². The minimum absolute atomic E-state index is 0.216. The summed E-state index contributed by atoms with van der Waals surface area (Å²) in [5.41, 5.74) is 2.46. The van der Waals surface area contributed by atoms with Crippen molar-refractivity contribution < 1.29 is 4.79 Å². The number of likely N-dealkylation sites (N-methyl/N-ethyl adjacent to an activating group) is 1. The average molecular weight is 251 g/mol. The molecule has 0 radical (unpaired) electrons. The molecule has 2 heteroatoms. The Morgan fingerprint density at radius 2 is 1.33 bits per heavy atom. The summed E-state index contributed by atoms with van der Waals surface area (Å²) >= 11 is 0. The van der Waals surface area contributed by atoms with Gasteiger partial charge in [-0.25, -0.2) is 0 Å². The number of carbonyl (C=O) groups is 1. The summed E-state index contributed by atoms with van der Waals surface area (Å²) in [7, 11) is 1.85. The molecule has 0 aromatic heterocycles. The molecular weight excluding hydrogens is 222 g/mol. The summed E-state index contributed by atoms with van der Waals surface area (Å²) < 4.78 is 0. The van der Waals surface area contributed by atoms with E-state index in [2.05, 4.69) is 6.07 Å². The fourth-order valence-electron chi connectivity index (χ4n) is 1.53. The number of hydrogen-bond acceptors (Lipinski definition) is 1. The SMILES string of the molecule is CC.CC.CC.CN1Cc2ccccc2CC1=O. The fourth-order valence-corrected chi connectivity index (χ4v) is 1.53. The lowest BCUT2D eigenvalue weighted by Crippen LogP contribution is -2.32. The smallest absolute Gasteiger partial charge is 0.227 e. The van der Waals surface area contributed by atoms with Gasteiger partial charge in [-0.1, -0.05) is 65.8 Å². The van der Waals surface area contributed by atoms with Gasteiger partial charge in [0.1, 0.15) is 0 Å². The van der Waals surface area contributed by atoms with Crippen LogP contribution >= 0.6 is 0 Å². The predicted octanol–water partition coefficient (Wildman–Crippen LogP) is 4.28. The Bertz CT molecular complexity index is 321. The summed E-state index contributed by atoms with van der Waals surface area (Å²) in [6, 6.07) is 8.11. The van der Waals surface area contributed by atoms with Crippen LogP contribution in [-0.4, -0.2) is 17.9 Å². The van der Waals surface area contributed by atoms with Crippen molar-refractivity contribution in [2.45, 2.75) is 54.5 Å². The molecule has 1 aromatic carbocycles. The number of hydrogen-bond donors (Lipinski definition) is 0. The molecule has 1 aliphatic heterocycles. The number of nitrogens with zero attached hydrogens (tertiary/aromatic N) is 1. The van der Waals surface area contributed by atoms with Crippen LogP contribution in [0.2, 0.25) is 0 Å². The lowest BCUT2D eigenvalue weighted by atomic mass is 10.00. The first kappa shape index (κ1) is 19.0. The van der Waals surface area contributed by atoms with Gasteiger partial charge in [0.05, 0.1) is 6.42 Å². The summed E-state index contributed by atoms with van der Waals surface area (Å²) in [4.78, 5) is 13.0. The van der Waals surface area contributed by atoms with Gasteiger partial charge in [0, 0.05) is 13.6 Å². The van der Waals surface area contributed by atoms with Crippen LogP contribution in [-0.2, 0) is 17.8 Å². The van der Waals surface area contributed by atoms with E-state index in [1.165, 1.54) is 11.1 Å². The molecule has 1 heterocycles. The molecule has 1 aliphatic rings. The standard InChI is InChI=1S/C10H11NO.3C2H6/c1-11-7-9-5-3-2-4-8(9)6-10(11)12;3*1-2/h2-5H,6-7H2,1H3;3*1-2H3. The van der Waals surface area contributed by atoms with Crippen molar-refractivity contribution in [2.75, 3.05) is 7.05 Å². The van der Waals surface area contributed by atoms with Crippen LogP contribution in [0.1, 0.15) is 52.7 Å². The van der Waals surface area contributed by atoms with E-state index in [4.69, 9.17) is 0 Å². The summed E-state index contributed by atoms with van der Waals surface area (Å²) in [5, 5.41) is 0. The Morgan fingerprint density at radius 1 is 0.889 bits per heavy atom. The van der Waals surface area contributed by atoms with Crippen LogP contribution in [0.15, 0.2) is 24.3 Å². The van der Waals surface area contributed by atoms with Gasteiger partial charge in [-0.15, -0.1) is 0 Å². The molecule has 1 aromatic rings. The Hall–Kier alpha value is -1.31. The molecule has 0 unspecified atom stereocenters. The monoisotopic (exact) mass is 251 g/mol. The summed E-state index contributed by atoms with van der Waals surface area (Å²) in [6.45, 7) is 12.8. The van der Waals surface area contributed by atoms with Gasteiger partial charge in [0.2, 0.25) is 5.91 Å². The van der Waals surface area contributed by atoms with Crippen molar-refractivity contribution in [1.29, 1.82) is 0 Å². The second-order valence-electron chi connectivity index (χ2n) is 3.20. The first-order valence-electron chi connectivity index (χ1n) is 7.08. The number of amides is 1. The average Bonchev–Trinajstić information content (AvgIpc) is 2.47. The molecule has 0 N–H and O–H groups in total. The maximum atomic E-state index is 11.3. The lowest BCUT2D eigenvalue weighted by Gasteiger charge is -2.24. The Morgan fingerprint density at radius 3 is 1.83 bits per heavy atom. The maximum absolute atomic E-state index is 11.3. The van der Waals surface area contributed by atoms with E-state index in [0.717, 1.165) is 6.54 Å². The molecule has 0 fully saturated rings. The summed E-state index contributed by atoms with van der Waals surface area (Å²) in [6.07, 6.45) is 0.562. The van der Waals surface area contributed by atoms with Gasteiger partial charge in [0.25, 0.3) is 0 Å². The molecular formula is C16H29NO. The highest BCUT2D eigenvalue weighted by Crippen LogP contribution is 2.17. The second kappa shape index (κ2) is 12.2. The zero-order valence-electron chi connectivity index (χ0n) is 13.1. The van der Waals surface area contributed by atoms with E-state index in [0.29, 0.717) is 6.42 Å². The van der Waals surface area contributed by atoms with Crippen molar-refractivity contribution >= 4 is 5.91 Å².